The number of amides is 1. The van der Waals surface area contributed by atoms with Crippen LogP contribution in [-0.2, 0) is 4.79 Å². The van der Waals surface area contributed by atoms with E-state index in [0.717, 1.165) is 25.7 Å². The van der Waals surface area contributed by atoms with Crippen LogP contribution in [-0.4, -0.2) is 35.5 Å². The van der Waals surface area contributed by atoms with E-state index in [4.69, 9.17) is 14.5 Å². The Bertz CT molecular complexity index is 1620. The van der Waals surface area contributed by atoms with E-state index in [2.05, 4.69) is 42.3 Å². The topological polar surface area (TPSA) is 94.8 Å². The lowest BCUT2D eigenvalue weighted by molar-refractivity contribution is -0.118. The van der Waals surface area contributed by atoms with Crippen LogP contribution in [0.4, 0.5) is 5.69 Å². The Hall–Kier alpha value is -3.50. The van der Waals surface area contributed by atoms with Crippen LogP contribution in [0.3, 0.4) is 0 Å². The van der Waals surface area contributed by atoms with Gasteiger partial charge in [0.2, 0.25) is 0 Å². The molecule has 0 saturated heterocycles. The van der Waals surface area contributed by atoms with Crippen molar-refractivity contribution in [1.29, 1.82) is 0 Å². The van der Waals surface area contributed by atoms with E-state index in [1.807, 2.05) is 36.4 Å². The number of anilines is 1. The molecule has 3 aromatic carbocycles. The second kappa shape index (κ2) is 12.8. The molecule has 0 spiro atoms. The number of benzene rings is 3. The quantitative estimate of drug-likeness (QED) is 0.207. The molecule has 1 aliphatic carbocycles. The van der Waals surface area contributed by atoms with Crippen LogP contribution in [0.1, 0.15) is 49.4 Å². The summed E-state index contributed by atoms with van der Waals surface area (Å²) in [6.45, 7) is -0.216. The first-order valence-corrected chi connectivity index (χ1v) is 14.6. The summed E-state index contributed by atoms with van der Waals surface area (Å²) in [6.07, 6.45) is 6.98. The van der Waals surface area contributed by atoms with Gasteiger partial charge in [0.1, 0.15) is 5.82 Å². The molecule has 8 nitrogen and oxygen atoms in total. The van der Waals surface area contributed by atoms with E-state index < -0.39 is 0 Å². The number of aromatic nitrogens is 2. The maximum Gasteiger partial charge on any atom is 0.282 e. The van der Waals surface area contributed by atoms with Gasteiger partial charge in [-0.1, -0.05) is 49.6 Å². The zero-order chi connectivity index (χ0) is 28.1. The van der Waals surface area contributed by atoms with Crippen molar-refractivity contribution in [3.8, 4) is 11.5 Å². The molecular weight excluding hydrogens is 640 g/mol. The highest BCUT2D eigenvalue weighted by Gasteiger charge is 2.23. The molecule has 1 aromatic heterocycles. The van der Waals surface area contributed by atoms with Crippen molar-refractivity contribution in [2.45, 2.75) is 38.0 Å². The van der Waals surface area contributed by atoms with E-state index in [1.54, 1.807) is 30.5 Å². The fraction of sp³-hybridized carbons (Fsp3) is 0.267. The molecule has 1 aliphatic rings. The second-order valence-corrected chi connectivity index (χ2v) is 11.1. The van der Waals surface area contributed by atoms with Gasteiger partial charge >= 0.3 is 0 Å². The molecule has 0 radical (unpaired) electrons. The number of carbonyl (C=O) groups is 1. The first kappa shape index (κ1) is 28.0. The van der Waals surface area contributed by atoms with E-state index in [9.17, 15) is 9.59 Å². The molecule has 1 N–H and O–H groups in total. The molecule has 0 unspecified atom stereocenters. The summed E-state index contributed by atoms with van der Waals surface area (Å²) in [4.78, 5) is 30.8. The average molecular weight is 668 g/mol. The number of para-hydroxylation sites is 2. The SMILES string of the molecule is COc1cc(C=Nn2c(C3CCCCC3)nc3ccccc3c2=O)c(Br)c(Br)c1OCC(=O)Nc1ccccc1. The molecule has 1 amide bonds. The van der Waals surface area contributed by atoms with Gasteiger partial charge in [0, 0.05) is 21.6 Å². The van der Waals surface area contributed by atoms with Crippen LogP contribution >= 0.6 is 31.9 Å². The molecule has 1 saturated carbocycles. The minimum absolute atomic E-state index is 0.172. The van der Waals surface area contributed by atoms with Crippen LogP contribution < -0.4 is 20.3 Å². The highest BCUT2D eigenvalue weighted by Crippen LogP contribution is 2.42. The molecule has 0 bridgehead atoms. The Kier molecular flexibility index (Phi) is 8.96. The van der Waals surface area contributed by atoms with Crippen molar-refractivity contribution >= 4 is 60.6 Å². The Labute approximate surface area is 248 Å². The van der Waals surface area contributed by atoms with Gasteiger partial charge in [-0.15, -0.1) is 0 Å². The number of fused-ring (bicyclic) bond motifs is 1. The number of hydrogen-bond donors (Lipinski definition) is 1. The van der Waals surface area contributed by atoms with Gasteiger partial charge in [-0.3, -0.25) is 9.59 Å². The summed E-state index contributed by atoms with van der Waals surface area (Å²) in [5.74, 6) is 1.32. The fourth-order valence-corrected chi connectivity index (χ4v) is 5.77. The zero-order valence-corrected chi connectivity index (χ0v) is 25.1. The van der Waals surface area contributed by atoms with Crippen LogP contribution in [0.5, 0.6) is 11.5 Å². The summed E-state index contributed by atoms with van der Waals surface area (Å²) in [7, 11) is 1.52. The highest BCUT2D eigenvalue weighted by molar-refractivity contribution is 9.13. The van der Waals surface area contributed by atoms with E-state index in [1.165, 1.54) is 18.2 Å². The normalized spacial score (nSPS) is 14.0. The number of ether oxygens (including phenoxy) is 2. The summed E-state index contributed by atoms with van der Waals surface area (Å²) in [5.41, 5.74) is 1.82. The average Bonchev–Trinajstić information content (AvgIpc) is 2.99. The molecule has 1 fully saturated rings. The van der Waals surface area contributed by atoms with Gasteiger partial charge in [-0.25, -0.2) is 4.98 Å². The molecule has 206 valence electrons. The van der Waals surface area contributed by atoms with Crippen molar-refractivity contribution in [3.63, 3.8) is 0 Å². The Balaban J connectivity index is 1.45. The maximum atomic E-state index is 13.5. The Morgan fingerprint density at radius 1 is 1.07 bits per heavy atom. The number of rotatable bonds is 8. The van der Waals surface area contributed by atoms with Gasteiger partial charge in [0.05, 0.1) is 28.7 Å². The van der Waals surface area contributed by atoms with E-state index >= 15 is 0 Å². The third kappa shape index (κ3) is 6.13. The smallest absolute Gasteiger partial charge is 0.282 e. The van der Waals surface area contributed by atoms with Crippen LogP contribution in [0.2, 0.25) is 0 Å². The van der Waals surface area contributed by atoms with Crippen molar-refractivity contribution in [2.75, 3.05) is 19.0 Å². The minimum atomic E-state index is -0.305. The molecule has 10 heteroatoms. The predicted octanol–water partition coefficient (Wildman–Crippen LogP) is 6.88. The zero-order valence-electron chi connectivity index (χ0n) is 21.9. The van der Waals surface area contributed by atoms with Crippen LogP contribution in [0, 0.1) is 0 Å². The number of halogens is 2. The number of methoxy groups -OCH3 is 1. The van der Waals surface area contributed by atoms with Crippen LogP contribution in [0.15, 0.2) is 79.5 Å². The first-order valence-electron chi connectivity index (χ1n) is 13.1. The van der Waals surface area contributed by atoms with Crippen molar-refractivity contribution in [1.82, 2.24) is 9.66 Å². The van der Waals surface area contributed by atoms with Gasteiger partial charge in [0.25, 0.3) is 11.5 Å². The van der Waals surface area contributed by atoms with Crippen molar-refractivity contribution in [3.05, 3.63) is 91.4 Å². The summed E-state index contributed by atoms with van der Waals surface area (Å²) < 4.78 is 14.0. The number of hydrogen-bond acceptors (Lipinski definition) is 6. The van der Waals surface area contributed by atoms with Gasteiger partial charge in [0.15, 0.2) is 18.1 Å². The Morgan fingerprint density at radius 3 is 2.55 bits per heavy atom. The molecular formula is C30H28Br2N4O4. The lowest BCUT2D eigenvalue weighted by Gasteiger charge is -2.22. The number of nitrogens with one attached hydrogen (secondary N) is 1. The monoisotopic (exact) mass is 666 g/mol. The number of carbonyl (C=O) groups excluding carboxylic acids is 1. The lowest BCUT2D eigenvalue weighted by Crippen LogP contribution is -2.25. The molecule has 0 aliphatic heterocycles. The second-order valence-electron chi connectivity index (χ2n) is 9.51. The standard InChI is InChI=1S/C30H28Br2N4O4/c1-39-24-16-20(26(31)27(32)28(24)40-18-25(37)34-21-12-6-3-7-13-21)17-33-36-29(19-10-4-2-5-11-19)35-23-15-9-8-14-22(23)30(36)38/h3,6-9,12-17,19H,2,4-5,10-11,18H2,1H3,(H,34,37). The first-order chi connectivity index (χ1) is 19.5. The third-order valence-electron chi connectivity index (χ3n) is 6.84. The molecule has 4 aromatic rings. The minimum Gasteiger partial charge on any atom is -0.493 e. The predicted molar refractivity (Wildman–Crippen MR) is 164 cm³/mol. The van der Waals surface area contributed by atoms with E-state index in [-0.39, 0.29) is 24.0 Å². The Morgan fingerprint density at radius 2 is 1.80 bits per heavy atom. The molecule has 1 heterocycles. The maximum absolute atomic E-state index is 13.5. The van der Waals surface area contributed by atoms with Crippen molar-refractivity contribution < 1.29 is 14.3 Å². The molecule has 40 heavy (non-hydrogen) atoms. The summed E-state index contributed by atoms with van der Waals surface area (Å²) >= 11 is 7.17. The van der Waals surface area contributed by atoms with E-state index in [0.29, 0.717) is 48.4 Å². The van der Waals surface area contributed by atoms with Crippen molar-refractivity contribution in [2.24, 2.45) is 5.10 Å². The highest BCUT2D eigenvalue weighted by atomic mass is 79.9. The van der Waals surface area contributed by atoms with Gasteiger partial charge < -0.3 is 14.8 Å². The molecule has 0 atom stereocenters. The largest absolute Gasteiger partial charge is 0.493 e. The van der Waals surface area contributed by atoms with Gasteiger partial charge in [-0.05, 0) is 75.0 Å². The lowest BCUT2D eigenvalue weighted by atomic mass is 9.88. The van der Waals surface area contributed by atoms with Crippen LogP contribution in [0.25, 0.3) is 10.9 Å². The van der Waals surface area contributed by atoms with Gasteiger partial charge in [-0.2, -0.15) is 9.78 Å². The third-order valence-corrected chi connectivity index (χ3v) is 8.99. The fourth-order valence-electron chi connectivity index (χ4n) is 4.84. The summed E-state index contributed by atoms with van der Waals surface area (Å²) in [6, 6.07) is 18.3. The number of nitrogens with zero attached hydrogens (tertiary/aromatic N) is 3. The summed E-state index contributed by atoms with van der Waals surface area (Å²) in [5, 5.41) is 7.95. The molecule has 5 rings (SSSR count).